The van der Waals surface area contributed by atoms with Gasteiger partial charge < -0.3 is 20.2 Å². The molecule has 3 rings (SSSR count). The lowest BCUT2D eigenvalue weighted by atomic mass is 9.76. The molecule has 1 saturated heterocycles. The van der Waals surface area contributed by atoms with Gasteiger partial charge in [-0.25, -0.2) is 0 Å². The van der Waals surface area contributed by atoms with E-state index in [9.17, 15) is 15.3 Å². The summed E-state index contributed by atoms with van der Waals surface area (Å²) in [5, 5.41) is 32.1. The van der Waals surface area contributed by atoms with E-state index in [1.54, 1.807) is 0 Å². The van der Waals surface area contributed by atoms with Crippen molar-refractivity contribution in [2.24, 2.45) is 5.92 Å². The predicted octanol–water partition coefficient (Wildman–Crippen LogP) is 1.88. The minimum absolute atomic E-state index is 0.121. The Morgan fingerprint density at radius 1 is 1.04 bits per heavy atom. The Kier molecular flexibility index (Phi) is 5.37. The van der Waals surface area contributed by atoms with Crippen LogP contribution >= 0.6 is 0 Å². The molecule has 128 valence electrons. The molecule has 4 heteroatoms. The molecule has 23 heavy (non-hydrogen) atoms. The molecule has 3 N–H and O–H groups in total. The Labute approximate surface area is 138 Å². The number of nitrogens with zero attached hydrogens (tertiary/aromatic N) is 1. The summed E-state index contributed by atoms with van der Waals surface area (Å²) in [6, 6.07) is 9.67. The summed E-state index contributed by atoms with van der Waals surface area (Å²) in [7, 11) is 0. The average Bonchev–Trinajstić information content (AvgIpc) is 3.12. The summed E-state index contributed by atoms with van der Waals surface area (Å²) in [5.74, 6) is 0.121. The molecule has 0 radical (unpaired) electrons. The number of β-amino-alcohol motifs (C(OH)–C–C–N with tert-alkyl or cyclic N) is 1. The van der Waals surface area contributed by atoms with Gasteiger partial charge in [0.2, 0.25) is 0 Å². The second kappa shape index (κ2) is 7.31. The van der Waals surface area contributed by atoms with Crippen LogP contribution in [0.2, 0.25) is 0 Å². The molecule has 2 unspecified atom stereocenters. The first-order valence-electron chi connectivity index (χ1n) is 8.97. The van der Waals surface area contributed by atoms with Crippen LogP contribution < -0.4 is 0 Å². The molecular weight excluding hydrogens is 290 g/mol. The highest BCUT2D eigenvalue weighted by molar-refractivity contribution is 5.25. The third kappa shape index (κ3) is 3.61. The molecule has 1 aliphatic heterocycles. The smallest absolute Gasteiger partial charge is 0.119 e. The van der Waals surface area contributed by atoms with Crippen LogP contribution in [0.4, 0.5) is 0 Å². The standard InChI is InChI=1S/C19H29NO3/c21-17-10-12-20(13-11-17)14-18(22)19(23,16-8-4-5-9-16)15-6-2-1-3-7-15/h1-3,6-7,16-18,21-23H,4-5,8-14H2. The molecule has 1 aliphatic carbocycles. The highest BCUT2D eigenvalue weighted by atomic mass is 16.3. The quantitative estimate of drug-likeness (QED) is 0.775. The summed E-state index contributed by atoms with van der Waals surface area (Å²) in [4.78, 5) is 2.17. The van der Waals surface area contributed by atoms with E-state index in [-0.39, 0.29) is 12.0 Å². The van der Waals surface area contributed by atoms with Crippen molar-refractivity contribution >= 4 is 0 Å². The van der Waals surface area contributed by atoms with Crippen molar-refractivity contribution in [3.05, 3.63) is 35.9 Å². The summed E-state index contributed by atoms with van der Waals surface area (Å²) in [6.45, 7) is 2.04. The van der Waals surface area contributed by atoms with E-state index in [1.165, 1.54) is 0 Å². The van der Waals surface area contributed by atoms with Crippen LogP contribution in [0.15, 0.2) is 30.3 Å². The van der Waals surface area contributed by atoms with Crippen LogP contribution in [0, 0.1) is 5.92 Å². The molecular formula is C19H29NO3. The summed E-state index contributed by atoms with van der Waals surface area (Å²) in [6.07, 6.45) is 4.68. The Balaban J connectivity index is 1.77. The van der Waals surface area contributed by atoms with Gasteiger partial charge in [0, 0.05) is 19.6 Å². The van der Waals surface area contributed by atoms with Crippen LogP contribution in [0.1, 0.15) is 44.1 Å². The first kappa shape index (κ1) is 16.9. The van der Waals surface area contributed by atoms with Crippen LogP contribution in [0.5, 0.6) is 0 Å². The van der Waals surface area contributed by atoms with Crippen LogP contribution in [0.3, 0.4) is 0 Å². The number of aliphatic hydroxyl groups excluding tert-OH is 2. The minimum atomic E-state index is -1.17. The van der Waals surface area contributed by atoms with Gasteiger partial charge in [-0.2, -0.15) is 0 Å². The van der Waals surface area contributed by atoms with Gasteiger partial charge in [0.1, 0.15) is 5.60 Å². The Morgan fingerprint density at radius 3 is 2.26 bits per heavy atom. The van der Waals surface area contributed by atoms with Crippen molar-refractivity contribution in [1.82, 2.24) is 4.90 Å². The largest absolute Gasteiger partial charge is 0.393 e. The van der Waals surface area contributed by atoms with Gasteiger partial charge in [-0.05, 0) is 37.2 Å². The van der Waals surface area contributed by atoms with Gasteiger partial charge in [-0.1, -0.05) is 43.2 Å². The molecule has 0 amide bonds. The van der Waals surface area contributed by atoms with E-state index < -0.39 is 11.7 Å². The fourth-order valence-electron chi connectivity index (χ4n) is 4.26. The van der Waals surface area contributed by atoms with E-state index in [1.807, 2.05) is 30.3 Å². The Morgan fingerprint density at radius 2 is 1.65 bits per heavy atom. The van der Waals surface area contributed by atoms with Crippen LogP contribution in [-0.4, -0.2) is 52.1 Å². The SMILES string of the molecule is OC1CCN(CC(O)C(O)(c2ccccc2)C2CCCC2)CC1. The number of piperidine rings is 1. The maximum Gasteiger partial charge on any atom is 0.119 e. The van der Waals surface area contributed by atoms with E-state index in [4.69, 9.17) is 0 Å². The lowest BCUT2D eigenvalue weighted by Gasteiger charge is -2.41. The minimum Gasteiger partial charge on any atom is -0.393 e. The van der Waals surface area contributed by atoms with E-state index in [0.717, 1.165) is 57.2 Å². The number of likely N-dealkylation sites (tertiary alicyclic amines) is 1. The lowest BCUT2D eigenvalue weighted by molar-refractivity contribution is -0.130. The molecule has 1 aromatic carbocycles. The fraction of sp³-hybridized carbons (Fsp3) is 0.684. The highest BCUT2D eigenvalue weighted by Gasteiger charge is 2.46. The predicted molar refractivity (Wildman–Crippen MR) is 90.0 cm³/mol. The third-order valence-corrected chi connectivity index (χ3v) is 5.71. The number of aliphatic hydroxyl groups is 3. The number of benzene rings is 1. The zero-order chi connectivity index (χ0) is 16.3. The van der Waals surface area contributed by atoms with Gasteiger partial charge in [-0.3, -0.25) is 0 Å². The second-order valence-corrected chi connectivity index (χ2v) is 7.22. The monoisotopic (exact) mass is 319 g/mol. The van der Waals surface area contributed by atoms with Gasteiger partial charge in [0.25, 0.3) is 0 Å². The van der Waals surface area contributed by atoms with Gasteiger partial charge in [0.05, 0.1) is 12.2 Å². The number of hydrogen-bond donors (Lipinski definition) is 3. The molecule has 1 heterocycles. The van der Waals surface area contributed by atoms with E-state index >= 15 is 0 Å². The highest BCUT2D eigenvalue weighted by Crippen LogP contribution is 2.43. The normalized spacial score (nSPS) is 25.3. The maximum atomic E-state index is 11.5. The average molecular weight is 319 g/mol. The number of rotatable bonds is 5. The van der Waals surface area contributed by atoms with Crippen molar-refractivity contribution in [2.75, 3.05) is 19.6 Å². The van der Waals surface area contributed by atoms with E-state index in [0.29, 0.717) is 6.54 Å². The third-order valence-electron chi connectivity index (χ3n) is 5.71. The molecule has 2 atom stereocenters. The first-order chi connectivity index (χ1) is 11.1. The zero-order valence-corrected chi connectivity index (χ0v) is 13.8. The van der Waals surface area contributed by atoms with Crippen molar-refractivity contribution in [2.45, 2.75) is 56.3 Å². The zero-order valence-electron chi connectivity index (χ0n) is 13.8. The van der Waals surface area contributed by atoms with Gasteiger partial charge in [0.15, 0.2) is 0 Å². The van der Waals surface area contributed by atoms with Crippen molar-refractivity contribution < 1.29 is 15.3 Å². The molecule has 2 fully saturated rings. The summed E-state index contributed by atoms with van der Waals surface area (Å²) in [5.41, 5.74) is -0.343. The molecule has 4 nitrogen and oxygen atoms in total. The summed E-state index contributed by atoms with van der Waals surface area (Å²) < 4.78 is 0. The molecule has 0 spiro atoms. The first-order valence-corrected chi connectivity index (χ1v) is 8.97. The fourth-order valence-corrected chi connectivity index (χ4v) is 4.26. The van der Waals surface area contributed by atoms with Crippen LogP contribution in [-0.2, 0) is 5.60 Å². The second-order valence-electron chi connectivity index (χ2n) is 7.22. The Bertz CT molecular complexity index is 481. The molecule has 0 aromatic heterocycles. The lowest BCUT2D eigenvalue weighted by Crippen LogP contribution is -2.52. The molecule has 1 saturated carbocycles. The molecule has 0 bridgehead atoms. The van der Waals surface area contributed by atoms with E-state index in [2.05, 4.69) is 4.90 Å². The van der Waals surface area contributed by atoms with Crippen molar-refractivity contribution in [3.63, 3.8) is 0 Å². The number of hydrogen-bond acceptors (Lipinski definition) is 4. The Hall–Kier alpha value is -0.940. The van der Waals surface area contributed by atoms with Crippen molar-refractivity contribution in [1.29, 1.82) is 0 Å². The molecule has 2 aliphatic rings. The topological polar surface area (TPSA) is 63.9 Å². The molecule has 1 aromatic rings. The van der Waals surface area contributed by atoms with Gasteiger partial charge >= 0.3 is 0 Å². The van der Waals surface area contributed by atoms with Crippen molar-refractivity contribution in [3.8, 4) is 0 Å². The van der Waals surface area contributed by atoms with Gasteiger partial charge in [-0.15, -0.1) is 0 Å². The van der Waals surface area contributed by atoms with Crippen LogP contribution in [0.25, 0.3) is 0 Å². The summed E-state index contributed by atoms with van der Waals surface area (Å²) >= 11 is 0. The maximum absolute atomic E-state index is 11.5.